The van der Waals surface area contributed by atoms with Crippen LogP contribution in [0.3, 0.4) is 0 Å². The van der Waals surface area contributed by atoms with Crippen molar-refractivity contribution < 1.29 is 39.2 Å². The number of amides is 1. The fourth-order valence-corrected chi connectivity index (χ4v) is 5.23. The number of fused-ring (bicyclic) bond motifs is 6. The van der Waals surface area contributed by atoms with Gasteiger partial charge in [0, 0.05) is 40.9 Å². The van der Waals surface area contributed by atoms with Gasteiger partial charge in [0.1, 0.15) is 23.0 Å². The molecule has 1 spiro atoms. The van der Waals surface area contributed by atoms with Crippen LogP contribution in [0.1, 0.15) is 70.0 Å². The van der Waals surface area contributed by atoms with Gasteiger partial charge in [0.05, 0.1) is 11.5 Å². The SMILES string of the molecule is CCCC(CCCNC(=O)c1ccc2c(c1)C1(OC2=O)c2ccc(O)cc2Oc2cc(O)ccc21)C(=O)O. The molecule has 9 nitrogen and oxygen atoms in total. The first-order chi connectivity index (χ1) is 18.2. The van der Waals surface area contributed by atoms with Crippen molar-refractivity contribution in [3.63, 3.8) is 0 Å². The molecular formula is C29H27NO8. The number of carboxylic acids is 1. The standard InChI is InChI=1S/C29H27NO8/c1-2-4-16(27(34)35)5-3-12-30-26(33)17-6-9-20-23(13-17)29(38-28(20)36)21-10-7-18(31)14-24(21)37-25-15-19(32)8-11-22(25)29/h6-11,13-16,31-32H,2-5,12H2,1H3,(H,30,33)(H,34,35). The van der Waals surface area contributed by atoms with Gasteiger partial charge in [-0.3, -0.25) is 9.59 Å². The zero-order valence-corrected chi connectivity index (χ0v) is 20.7. The Morgan fingerprint density at radius 2 is 1.58 bits per heavy atom. The highest BCUT2D eigenvalue weighted by Crippen LogP contribution is 2.57. The summed E-state index contributed by atoms with van der Waals surface area (Å²) in [5.74, 6) is -1.82. The van der Waals surface area contributed by atoms with Crippen molar-refractivity contribution in [3.05, 3.63) is 82.4 Å². The number of phenols is 2. The molecule has 2 aliphatic rings. The normalized spacial score (nSPS) is 15.0. The maximum atomic E-state index is 13.0. The highest BCUT2D eigenvalue weighted by atomic mass is 16.6. The number of nitrogens with one attached hydrogen (secondary N) is 1. The number of rotatable bonds is 8. The van der Waals surface area contributed by atoms with Crippen LogP contribution in [0.2, 0.25) is 0 Å². The van der Waals surface area contributed by atoms with Crippen LogP contribution < -0.4 is 10.1 Å². The molecule has 9 heteroatoms. The molecule has 3 aromatic carbocycles. The van der Waals surface area contributed by atoms with E-state index in [1.54, 1.807) is 30.3 Å². The average Bonchev–Trinajstić information content (AvgIpc) is 3.17. The predicted molar refractivity (Wildman–Crippen MR) is 136 cm³/mol. The lowest BCUT2D eigenvalue weighted by atomic mass is 9.77. The lowest BCUT2D eigenvalue weighted by molar-refractivity contribution is -0.142. The van der Waals surface area contributed by atoms with Gasteiger partial charge in [-0.2, -0.15) is 0 Å². The zero-order valence-electron chi connectivity index (χ0n) is 20.7. The average molecular weight is 518 g/mol. The Hall–Kier alpha value is -4.53. The zero-order chi connectivity index (χ0) is 27.0. The Morgan fingerprint density at radius 3 is 2.18 bits per heavy atom. The molecule has 196 valence electrons. The molecule has 1 unspecified atom stereocenters. The van der Waals surface area contributed by atoms with Crippen molar-refractivity contribution in [2.75, 3.05) is 6.54 Å². The molecule has 1 amide bonds. The molecule has 0 aromatic heterocycles. The van der Waals surface area contributed by atoms with Gasteiger partial charge in [-0.05, 0) is 61.7 Å². The van der Waals surface area contributed by atoms with Crippen LogP contribution in [0, 0.1) is 5.92 Å². The molecule has 38 heavy (non-hydrogen) atoms. The molecule has 4 N–H and O–H groups in total. The molecule has 1 atom stereocenters. The lowest BCUT2D eigenvalue weighted by Gasteiger charge is -2.36. The van der Waals surface area contributed by atoms with Crippen LogP contribution in [0.15, 0.2) is 54.6 Å². The third-order valence-electron chi connectivity index (χ3n) is 7.04. The first-order valence-electron chi connectivity index (χ1n) is 12.5. The molecule has 0 radical (unpaired) electrons. The van der Waals surface area contributed by atoms with Crippen molar-refractivity contribution in [3.8, 4) is 23.0 Å². The number of carbonyl (C=O) groups is 3. The molecule has 5 rings (SSSR count). The smallest absolute Gasteiger partial charge is 0.340 e. The summed E-state index contributed by atoms with van der Waals surface area (Å²) in [6.07, 6.45) is 2.35. The summed E-state index contributed by atoms with van der Waals surface area (Å²) in [6, 6.07) is 13.6. The number of hydrogen-bond donors (Lipinski definition) is 4. The topological polar surface area (TPSA) is 142 Å². The summed E-state index contributed by atoms with van der Waals surface area (Å²) in [4.78, 5) is 37.5. The van der Waals surface area contributed by atoms with Gasteiger partial charge in [-0.1, -0.05) is 13.3 Å². The van der Waals surface area contributed by atoms with Crippen molar-refractivity contribution in [2.45, 2.75) is 38.2 Å². The van der Waals surface area contributed by atoms with E-state index in [4.69, 9.17) is 9.47 Å². The van der Waals surface area contributed by atoms with E-state index in [0.717, 1.165) is 6.42 Å². The number of carbonyl (C=O) groups excluding carboxylic acids is 2. The van der Waals surface area contributed by atoms with E-state index in [-0.39, 0.29) is 34.5 Å². The summed E-state index contributed by atoms with van der Waals surface area (Å²) < 4.78 is 12.0. The van der Waals surface area contributed by atoms with Crippen molar-refractivity contribution in [2.24, 2.45) is 5.92 Å². The second kappa shape index (κ2) is 9.74. The summed E-state index contributed by atoms with van der Waals surface area (Å²) in [5, 5.41) is 32.3. The van der Waals surface area contributed by atoms with Crippen LogP contribution in [0.5, 0.6) is 23.0 Å². The number of ether oxygens (including phenoxy) is 2. The maximum Gasteiger partial charge on any atom is 0.340 e. The van der Waals surface area contributed by atoms with Crippen LogP contribution in [-0.4, -0.2) is 39.7 Å². The Labute approximate surface area is 218 Å². The van der Waals surface area contributed by atoms with Gasteiger partial charge in [-0.15, -0.1) is 0 Å². The number of carboxylic acid groups (broad SMARTS) is 1. The second-order valence-electron chi connectivity index (χ2n) is 9.52. The first kappa shape index (κ1) is 25.1. The number of aromatic hydroxyl groups is 2. The van der Waals surface area contributed by atoms with Gasteiger partial charge < -0.3 is 30.1 Å². The highest BCUT2D eigenvalue weighted by Gasteiger charge is 2.53. The number of esters is 1. The summed E-state index contributed by atoms with van der Waals surface area (Å²) >= 11 is 0. The molecule has 2 aliphatic heterocycles. The molecule has 2 heterocycles. The van der Waals surface area contributed by atoms with E-state index in [1.165, 1.54) is 24.3 Å². The number of phenolic OH excluding ortho intramolecular Hbond substituents is 2. The van der Waals surface area contributed by atoms with Gasteiger partial charge in [0.25, 0.3) is 5.91 Å². The van der Waals surface area contributed by atoms with E-state index in [2.05, 4.69) is 5.32 Å². The highest BCUT2D eigenvalue weighted by molar-refractivity contribution is 6.00. The summed E-state index contributed by atoms with van der Waals surface area (Å²) in [7, 11) is 0. The molecular weight excluding hydrogens is 490 g/mol. The Kier molecular flexibility index (Phi) is 6.44. The van der Waals surface area contributed by atoms with Crippen LogP contribution >= 0.6 is 0 Å². The van der Waals surface area contributed by atoms with Gasteiger partial charge in [0.2, 0.25) is 0 Å². The van der Waals surface area contributed by atoms with Gasteiger partial charge in [-0.25, -0.2) is 4.79 Å². The summed E-state index contributed by atoms with van der Waals surface area (Å²) in [5.41, 5.74) is 0.498. The van der Waals surface area contributed by atoms with Crippen LogP contribution in [0.4, 0.5) is 0 Å². The fourth-order valence-electron chi connectivity index (χ4n) is 5.23. The quantitative estimate of drug-likeness (QED) is 0.249. The molecule has 0 bridgehead atoms. The molecule has 0 saturated carbocycles. The third kappa shape index (κ3) is 4.19. The minimum atomic E-state index is -1.46. The van der Waals surface area contributed by atoms with E-state index >= 15 is 0 Å². The Bertz CT molecular complexity index is 1390. The van der Waals surface area contributed by atoms with Crippen molar-refractivity contribution in [1.29, 1.82) is 0 Å². The van der Waals surface area contributed by atoms with Crippen LogP contribution in [-0.2, 0) is 15.1 Å². The second-order valence-corrected chi connectivity index (χ2v) is 9.52. The van der Waals surface area contributed by atoms with E-state index in [0.29, 0.717) is 48.1 Å². The Morgan fingerprint density at radius 1 is 0.921 bits per heavy atom. The van der Waals surface area contributed by atoms with E-state index in [1.807, 2.05) is 6.92 Å². The molecule has 3 aromatic rings. The molecule has 0 saturated heterocycles. The lowest BCUT2D eigenvalue weighted by Crippen LogP contribution is -2.33. The van der Waals surface area contributed by atoms with Crippen LogP contribution in [0.25, 0.3) is 0 Å². The predicted octanol–water partition coefficient (Wildman–Crippen LogP) is 4.68. The van der Waals surface area contributed by atoms with Gasteiger partial charge in [0.15, 0.2) is 5.60 Å². The minimum Gasteiger partial charge on any atom is -0.508 e. The minimum absolute atomic E-state index is 0.0516. The Balaban J connectivity index is 1.48. The first-order valence-corrected chi connectivity index (χ1v) is 12.5. The van der Waals surface area contributed by atoms with Crippen molar-refractivity contribution in [1.82, 2.24) is 5.32 Å². The van der Waals surface area contributed by atoms with Gasteiger partial charge >= 0.3 is 11.9 Å². The summed E-state index contributed by atoms with van der Waals surface area (Å²) in [6.45, 7) is 2.25. The number of hydrogen-bond acceptors (Lipinski definition) is 7. The monoisotopic (exact) mass is 517 g/mol. The third-order valence-corrected chi connectivity index (χ3v) is 7.04. The molecule has 0 fully saturated rings. The molecule has 0 aliphatic carbocycles. The fraction of sp³-hybridized carbons (Fsp3) is 0.276. The van der Waals surface area contributed by atoms with E-state index in [9.17, 15) is 29.7 Å². The maximum absolute atomic E-state index is 13.0. The van der Waals surface area contributed by atoms with E-state index < -0.39 is 23.5 Å². The number of benzene rings is 3. The van der Waals surface area contributed by atoms with Crippen molar-refractivity contribution >= 4 is 17.8 Å². The largest absolute Gasteiger partial charge is 0.508 e. The number of aliphatic carboxylic acids is 1.